The van der Waals surface area contributed by atoms with E-state index in [-0.39, 0.29) is 18.0 Å². The largest absolute Gasteiger partial charge is 0.348 e. The van der Waals surface area contributed by atoms with Crippen LogP contribution in [0.25, 0.3) is 11.4 Å². The molecule has 8 nitrogen and oxygen atoms in total. The van der Waals surface area contributed by atoms with Crippen molar-refractivity contribution in [1.82, 2.24) is 34.8 Å². The van der Waals surface area contributed by atoms with Gasteiger partial charge in [0.15, 0.2) is 5.82 Å². The van der Waals surface area contributed by atoms with E-state index in [4.69, 9.17) is 0 Å². The summed E-state index contributed by atoms with van der Waals surface area (Å²) in [6.45, 7) is 6.60. The fourth-order valence-electron chi connectivity index (χ4n) is 2.57. The summed E-state index contributed by atoms with van der Waals surface area (Å²) in [6, 6.07) is 7.54. The number of aromatic nitrogens is 6. The van der Waals surface area contributed by atoms with Crippen molar-refractivity contribution in [2.45, 2.75) is 39.4 Å². The molecule has 1 N–H and O–H groups in total. The Labute approximate surface area is 145 Å². The number of amides is 1. The van der Waals surface area contributed by atoms with Crippen molar-refractivity contribution >= 4 is 5.91 Å². The molecule has 130 valence electrons. The third kappa shape index (κ3) is 3.90. The van der Waals surface area contributed by atoms with Crippen LogP contribution in [-0.4, -0.2) is 41.5 Å². The monoisotopic (exact) mass is 339 g/mol. The van der Waals surface area contributed by atoms with Crippen LogP contribution < -0.4 is 5.32 Å². The van der Waals surface area contributed by atoms with E-state index in [9.17, 15) is 4.79 Å². The predicted octanol–water partition coefficient (Wildman–Crippen LogP) is 1.94. The lowest BCUT2D eigenvalue weighted by Crippen LogP contribution is -2.35. The smallest absolute Gasteiger partial charge is 0.251 e. The molecule has 25 heavy (non-hydrogen) atoms. The maximum atomic E-state index is 12.4. The molecule has 0 saturated heterocycles. The SMILES string of the molecule is CC(Cn1cncn1)NC(=O)c1ccc(-c2ncnn2C(C)C)cc1. The molecule has 1 unspecified atom stereocenters. The molecule has 0 bridgehead atoms. The summed E-state index contributed by atoms with van der Waals surface area (Å²) in [7, 11) is 0. The molecular formula is C17H21N7O. The van der Waals surface area contributed by atoms with Gasteiger partial charge in [0.2, 0.25) is 0 Å². The quantitative estimate of drug-likeness (QED) is 0.741. The standard InChI is InChI=1S/C17H21N7O/c1-12(2)24-16(19-10-21-24)14-4-6-15(7-5-14)17(25)22-13(3)8-23-11-18-9-20-23/h4-7,9-13H,8H2,1-3H3,(H,22,25). The highest BCUT2D eigenvalue weighted by Gasteiger charge is 2.13. The highest BCUT2D eigenvalue weighted by atomic mass is 16.1. The summed E-state index contributed by atoms with van der Waals surface area (Å²) in [5, 5.41) is 11.2. The van der Waals surface area contributed by atoms with Crippen LogP contribution in [0.4, 0.5) is 0 Å². The normalized spacial score (nSPS) is 12.3. The number of carbonyl (C=O) groups is 1. The van der Waals surface area contributed by atoms with Crippen molar-refractivity contribution in [2.24, 2.45) is 0 Å². The zero-order valence-corrected chi connectivity index (χ0v) is 14.5. The molecule has 1 amide bonds. The van der Waals surface area contributed by atoms with E-state index >= 15 is 0 Å². The topological polar surface area (TPSA) is 90.5 Å². The van der Waals surface area contributed by atoms with E-state index in [1.54, 1.807) is 29.5 Å². The van der Waals surface area contributed by atoms with Gasteiger partial charge in [-0.3, -0.25) is 9.48 Å². The molecule has 2 heterocycles. The van der Waals surface area contributed by atoms with Crippen molar-refractivity contribution in [3.63, 3.8) is 0 Å². The molecule has 0 fully saturated rings. The second kappa shape index (κ2) is 7.25. The van der Waals surface area contributed by atoms with Gasteiger partial charge in [0, 0.05) is 23.2 Å². The predicted molar refractivity (Wildman–Crippen MR) is 92.8 cm³/mol. The minimum absolute atomic E-state index is 0.0575. The van der Waals surface area contributed by atoms with Crippen molar-refractivity contribution in [2.75, 3.05) is 0 Å². The van der Waals surface area contributed by atoms with Gasteiger partial charge in [-0.25, -0.2) is 14.6 Å². The number of carbonyl (C=O) groups excluding carboxylic acids is 1. The first-order valence-electron chi connectivity index (χ1n) is 8.18. The van der Waals surface area contributed by atoms with Gasteiger partial charge in [-0.05, 0) is 32.9 Å². The number of benzene rings is 1. The van der Waals surface area contributed by atoms with Crippen LogP contribution >= 0.6 is 0 Å². The molecule has 8 heteroatoms. The fraction of sp³-hybridized carbons (Fsp3) is 0.353. The minimum Gasteiger partial charge on any atom is -0.348 e. The maximum Gasteiger partial charge on any atom is 0.251 e. The van der Waals surface area contributed by atoms with E-state index in [0.717, 1.165) is 11.4 Å². The first kappa shape index (κ1) is 16.8. The molecule has 0 aliphatic carbocycles. The average molecular weight is 339 g/mol. The van der Waals surface area contributed by atoms with Crippen LogP contribution in [0.15, 0.2) is 43.2 Å². The zero-order valence-electron chi connectivity index (χ0n) is 14.5. The maximum absolute atomic E-state index is 12.4. The Bertz CT molecular complexity index is 821. The molecule has 1 atom stereocenters. The third-order valence-electron chi connectivity index (χ3n) is 3.77. The Morgan fingerprint density at radius 1 is 1.12 bits per heavy atom. The summed E-state index contributed by atoms with van der Waals surface area (Å²) in [5.41, 5.74) is 1.53. The first-order valence-corrected chi connectivity index (χ1v) is 8.18. The van der Waals surface area contributed by atoms with Crippen LogP contribution in [0.3, 0.4) is 0 Å². The molecule has 3 aromatic rings. The summed E-state index contributed by atoms with van der Waals surface area (Å²) >= 11 is 0. The van der Waals surface area contributed by atoms with Crippen molar-refractivity contribution in [3.8, 4) is 11.4 Å². The van der Waals surface area contributed by atoms with Crippen molar-refractivity contribution < 1.29 is 4.79 Å². The van der Waals surface area contributed by atoms with Crippen molar-refractivity contribution in [1.29, 1.82) is 0 Å². The number of nitrogens with one attached hydrogen (secondary N) is 1. The van der Waals surface area contributed by atoms with E-state index in [1.165, 1.54) is 6.33 Å². The summed E-state index contributed by atoms with van der Waals surface area (Å²) in [6.07, 6.45) is 4.65. The van der Waals surface area contributed by atoms with Gasteiger partial charge in [0.1, 0.15) is 19.0 Å². The van der Waals surface area contributed by atoms with E-state index in [0.29, 0.717) is 12.1 Å². The van der Waals surface area contributed by atoms with Gasteiger partial charge >= 0.3 is 0 Å². The van der Waals surface area contributed by atoms with Gasteiger partial charge in [0.05, 0.1) is 6.54 Å². The van der Waals surface area contributed by atoms with Gasteiger partial charge in [-0.1, -0.05) is 12.1 Å². The van der Waals surface area contributed by atoms with Gasteiger partial charge in [-0.2, -0.15) is 10.2 Å². The fourth-order valence-corrected chi connectivity index (χ4v) is 2.57. The first-order chi connectivity index (χ1) is 12.0. The van der Waals surface area contributed by atoms with Gasteiger partial charge < -0.3 is 5.32 Å². The number of hydrogen-bond acceptors (Lipinski definition) is 5. The van der Waals surface area contributed by atoms with Crippen molar-refractivity contribution in [3.05, 3.63) is 48.8 Å². The van der Waals surface area contributed by atoms with E-state index < -0.39 is 0 Å². The minimum atomic E-state index is -0.121. The lowest BCUT2D eigenvalue weighted by molar-refractivity contribution is 0.0936. The Hall–Kier alpha value is -3.03. The molecule has 2 aromatic heterocycles. The zero-order chi connectivity index (χ0) is 17.8. The Morgan fingerprint density at radius 2 is 1.88 bits per heavy atom. The Balaban J connectivity index is 1.67. The van der Waals surface area contributed by atoms with Crippen LogP contribution in [0, 0.1) is 0 Å². The summed E-state index contributed by atoms with van der Waals surface area (Å²) in [4.78, 5) is 20.6. The van der Waals surface area contributed by atoms with Crippen LogP contribution in [0.5, 0.6) is 0 Å². The Kier molecular flexibility index (Phi) is 4.87. The highest BCUT2D eigenvalue weighted by Crippen LogP contribution is 2.20. The molecule has 0 saturated carbocycles. The number of rotatable bonds is 6. The Morgan fingerprint density at radius 3 is 2.52 bits per heavy atom. The van der Waals surface area contributed by atoms with Gasteiger partial charge in [-0.15, -0.1) is 0 Å². The lowest BCUT2D eigenvalue weighted by atomic mass is 10.1. The van der Waals surface area contributed by atoms with Gasteiger partial charge in [0.25, 0.3) is 5.91 Å². The number of nitrogens with zero attached hydrogens (tertiary/aromatic N) is 6. The van der Waals surface area contributed by atoms with Crippen LogP contribution in [0.2, 0.25) is 0 Å². The molecular weight excluding hydrogens is 318 g/mol. The second-order valence-corrected chi connectivity index (χ2v) is 6.19. The van der Waals surface area contributed by atoms with Crippen LogP contribution in [-0.2, 0) is 6.54 Å². The number of hydrogen-bond donors (Lipinski definition) is 1. The lowest BCUT2D eigenvalue weighted by Gasteiger charge is -2.14. The summed E-state index contributed by atoms with van der Waals surface area (Å²) in [5.74, 6) is 0.672. The van der Waals surface area contributed by atoms with Crippen LogP contribution in [0.1, 0.15) is 37.2 Å². The second-order valence-electron chi connectivity index (χ2n) is 6.19. The molecule has 3 rings (SSSR count). The van der Waals surface area contributed by atoms with E-state index in [2.05, 4.69) is 39.3 Å². The third-order valence-corrected chi connectivity index (χ3v) is 3.77. The highest BCUT2D eigenvalue weighted by molar-refractivity contribution is 5.94. The molecule has 1 aromatic carbocycles. The van der Waals surface area contributed by atoms with E-state index in [1.807, 2.05) is 23.7 Å². The summed E-state index contributed by atoms with van der Waals surface area (Å²) < 4.78 is 3.54. The molecule has 0 radical (unpaired) electrons. The molecule has 0 aliphatic heterocycles. The average Bonchev–Trinajstić information content (AvgIpc) is 3.26. The molecule has 0 spiro atoms. The molecule has 0 aliphatic rings.